The van der Waals surface area contributed by atoms with Gasteiger partial charge in [0.2, 0.25) is 0 Å². The van der Waals surface area contributed by atoms with Gasteiger partial charge in [-0.05, 0) is 42.1 Å². The molecule has 20 heavy (non-hydrogen) atoms. The van der Waals surface area contributed by atoms with E-state index in [0.29, 0.717) is 12.0 Å². The van der Waals surface area contributed by atoms with E-state index in [4.69, 9.17) is 0 Å². The zero-order valence-electron chi connectivity index (χ0n) is 12.3. The maximum atomic E-state index is 4.12. The van der Waals surface area contributed by atoms with E-state index >= 15 is 0 Å². The highest BCUT2D eigenvalue weighted by molar-refractivity contribution is 7.98. The molecule has 2 rings (SSSR count). The molecule has 0 aliphatic rings. The standard InChI is InChI=1S/C17H22N2S/c1-4-19-17(13(2)14-9-11-18-12-10-14)15-7-5-6-8-16(15)20-3/h5-13,17,19H,4H2,1-3H3. The van der Waals surface area contributed by atoms with Crippen LogP contribution in [0.25, 0.3) is 0 Å². The molecule has 1 heterocycles. The fourth-order valence-corrected chi connectivity index (χ4v) is 3.20. The normalized spacial score (nSPS) is 13.9. The van der Waals surface area contributed by atoms with Crippen molar-refractivity contribution < 1.29 is 0 Å². The van der Waals surface area contributed by atoms with Crippen LogP contribution in [0.1, 0.15) is 36.9 Å². The van der Waals surface area contributed by atoms with Gasteiger partial charge < -0.3 is 5.32 Å². The highest BCUT2D eigenvalue weighted by atomic mass is 32.2. The largest absolute Gasteiger partial charge is 0.310 e. The van der Waals surface area contributed by atoms with Gasteiger partial charge in [0.15, 0.2) is 0 Å². The van der Waals surface area contributed by atoms with Crippen molar-refractivity contribution in [2.75, 3.05) is 12.8 Å². The Hall–Kier alpha value is -1.32. The summed E-state index contributed by atoms with van der Waals surface area (Å²) >= 11 is 1.81. The molecule has 2 aromatic rings. The van der Waals surface area contributed by atoms with Gasteiger partial charge in [0.05, 0.1) is 0 Å². The molecule has 0 radical (unpaired) electrons. The Morgan fingerprint density at radius 2 is 1.85 bits per heavy atom. The third-order valence-corrected chi connectivity index (χ3v) is 4.44. The summed E-state index contributed by atoms with van der Waals surface area (Å²) in [6.07, 6.45) is 5.88. The number of nitrogens with zero attached hydrogens (tertiary/aromatic N) is 1. The maximum Gasteiger partial charge on any atom is 0.0397 e. The van der Waals surface area contributed by atoms with Crippen molar-refractivity contribution in [3.63, 3.8) is 0 Å². The van der Waals surface area contributed by atoms with Gasteiger partial charge in [-0.25, -0.2) is 0 Å². The highest BCUT2D eigenvalue weighted by Crippen LogP contribution is 2.35. The lowest BCUT2D eigenvalue weighted by molar-refractivity contribution is 0.473. The minimum atomic E-state index is 0.325. The van der Waals surface area contributed by atoms with Crippen molar-refractivity contribution in [3.8, 4) is 0 Å². The van der Waals surface area contributed by atoms with E-state index in [1.165, 1.54) is 16.0 Å². The van der Waals surface area contributed by atoms with E-state index in [2.05, 4.69) is 66.8 Å². The fraction of sp³-hybridized carbons (Fsp3) is 0.353. The van der Waals surface area contributed by atoms with Gasteiger partial charge in [0.1, 0.15) is 0 Å². The summed E-state index contributed by atoms with van der Waals surface area (Å²) < 4.78 is 0. The first-order valence-corrected chi connectivity index (χ1v) is 8.26. The molecule has 0 bridgehead atoms. The Morgan fingerprint density at radius 1 is 1.15 bits per heavy atom. The third kappa shape index (κ3) is 3.41. The quantitative estimate of drug-likeness (QED) is 0.803. The lowest BCUT2D eigenvalue weighted by Crippen LogP contribution is -2.26. The Morgan fingerprint density at radius 3 is 2.50 bits per heavy atom. The van der Waals surface area contributed by atoms with E-state index in [1.54, 1.807) is 0 Å². The van der Waals surface area contributed by atoms with Crippen molar-refractivity contribution >= 4 is 11.8 Å². The molecule has 1 aromatic heterocycles. The third-order valence-electron chi connectivity index (χ3n) is 3.63. The summed E-state index contributed by atoms with van der Waals surface area (Å²) in [6, 6.07) is 13.2. The smallest absolute Gasteiger partial charge is 0.0397 e. The van der Waals surface area contributed by atoms with E-state index in [-0.39, 0.29) is 0 Å². The number of nitrogens with one attached hydrogen (secondary N) is 1. The Balaban J connectivity index is 2.35. The second-order valence-electron chi connectivity index (χ2n) is 4.85. The van der Waals surface area contributed by atoms with Crippen molar-refractivity contribution in [2.24, 2.45) is 0 Å². The van der Waals surface area contributed by atoms with Gasteiger partial charge in [0.25, 0.3) is 0 Å². The second-order valence-corrected chi connectivity index (χ2v) is 5.69. The second kappa shape index (κ2) is 7.46. The van der Waals surface area contributed by atoms with Gasteiger partial charge in [-0.1, -0.05) is 32.0 Å². The lowest BCUT2D eigenvalue weighted by Gasteiger charge is -2.27. The fourth-order valence-electron chi connectivity index (χ4n) is 2.56. The van der Waals surface area contributed by atoms with Crippen LogP contribution < -0.4 is 5.32 Å². The molecule has 2 nitrogen and oxygen atoms in total. The molecule has 1 aromatic carbocycles. The summed E-state index contributed by atoms with van der Waals surface area (Å²) in [5, 5.41) is 3.64. The summed E-state index contributed by atoms with van der Waals surface area (Å²) in [4.78, 5) is 5.46. The minimum absolute atomic E-state index is 0.325. The summed E-state index contributed by atoms with van der Waals surface area (Å²) in [7, 11) is 0. The SMILES string of the molecule is CCNC(c1ccccc1SC)C(C)c1ccncc1. The molecule has 0 saturated carbocycles. The average Bonchev–Trinajstić information content (AvgIpc) is 2.53. The van der Waals surface area contributed by atoms with Crippen LogP contribution in [0.15, 0.2) is 53.7 Å². The van der Waals surface area contributed by atoms with Gasteiger partial charge in [-0.3, -0.25) is 4.98 Å². The molecular formula is C17H22N2S. The molecule has 106 valence electrons. The Bertz CT molecular complexity index is 528. The molecule has 0 amide bonds. The summed E-state index contributed by atoms with van der Waals surface area (Å²) in [5.41, 5.74) is 2.70. The monoisotopic (exact) mass is 286 g/mol. The van der Waals surface area contributed by atoms with Crippen LogP contribution in [-0.2, 0) is 0 Å². The molecule has 0 spiro atoms. The first kappa shape index (κ1) is 15.1. The van der Waals surface area contributed by atoms with Crippen molar-refractivity contribution in [3.05, 3.63) is 59.9 Å². The van der Waals surface area contributed by atoms with E-state index in [9.17, 15) is 0 Å². The number of hydrogen-bond acceptors (Lipinski definition) is 3. The van der Waals surface area contributed by atoms with Crippen LogP contribution in [-0.4, -0.2) is 17.8 Å². The first-order valence-electron chi connectivity index (χ1n) is 7.04. The number of thioether (sulfide) groups is 1. The molecule has 1 N–H and O–H groups in total. The van der Waals surface area contributed by atoms with Crippen molar-refractivity contribution in [1.82, 2.24) is 10.3 Å². The Labute approximate surface area is 126 Å². The zero-order chi connectivity index (χ0) is 14.4. The average molecular weight is 286 g/mol. The molecule has 2 unspecified atom stereocenters. The van der Waals surface area contributed by atoms with E-state index < -0.39 is 0 Å². The first-order chi connectivity index (χ1) is 9.77. The topological polar surface area (TPSA) is 24.9 Å². The number of likely N-dealkylation sites (N-methyl/N-ethyl adjacent to an activating group) is 1. The number of aromatic nitrogens is 1. The molecule has 0 aliphatic carbocycles. The molecule has 0 saturated heterocycles. The predicted molar refractivity (Wildman–Crippen MR) is 87.3 cm³/mol. The van der Waals surface area contributed by atoms with Crippen molar-refractivity contribution in [1.29, 1.82) is 0 Å². The van der Waals surface area contributed by atoms with E-state index in [0.717, 1.165) is 6.54 Å². The molecule has 0 aliphatic heterocycles. The van der Waals surface area contributed by atoms with Crippen molar-refractivity contribution in [2.45, 2.75) is 30.7 Å². The molecule has 3 heteroatoms. The number of benzene rings is 1. The van der Waals surface area contributed by atoms with Crippen LogP contribution >= 0.6 is 11.8 Å². The zero-order valence-corrected chi connectivity index (χ0v) is 13.2. The summed E-state index contributed by atoms with van der Waals surface area (Å²) in [6.45, 7) is 5.40. The van der Waals surface area contributed by atoms with Gasteiger partial charge in [-0.15, -0.1) is 11.8 Å². The molecular weight excluding hydrogens is 264 g/mol. The maximum absolute atomic E-state index is 4.12. The van der Waals surface area contributed by atoms with Gasteiger partial charge >= 0.3 is 0 Å². The van der Waals surface area contributed by atoms with Crippen LogP contribution in [0.4, 0.5) is 0 Å². The number of pyridine rings is 1. The number of rotatable bonds is 6. The van der Waals surface area contributed by atoms with Crippen LogP contribution in [0.3, 0.4) is 0 Å². The Kier molecular flexibility index (Phi) is 5.62. The highest BCUT2D eigenvalue weighted by Gasteiger charge is 2.21. The lowest BCUT2D eigenvalue weighted by atomic mass is 9.89. The predicted octanol–water partition coefficient (Wildman–Crippen LogP) is 4.26. The minimum Gasteiger partial charge on any atom is -0.310 e. The van der Waals surface area contributed by atoms with Crippen LogP contribution in [0.2, 0.25) is 0 Å². The summed E-state index contributed by atoms with van der Waals surface area (Å²) in [5.74, 6) is 0.409. The van der Waals surface area contributed by atoms with Gasteiger partial charge in [-0.2, -0.15) is 0 Å². The van der Waals surface area contributed by atoms with Gasteiger partial charge in [0, 0.05) is 29.2 Å². The molecule has 0 fully saturated rings. The van der Waals surface area contributed by atoms with Crippen LogP contribution in [0.5, 0.6) is 0 Å². The van der Waals surface area contributed by atoms with Crippen LogP contribution in [0, 0.1) is 0 Å². The number of hydrogen-bond donors (Lipinski definition) is 1. The molecule has 2 atom stereocenters. The van der Waals surface area contributed by atoms with E-state index in [1.807, 2.05) is 24.2 Å².